The van der Waals surface area contributed by atoms with Gasteiger partial charge in [0, 0.05) is 25.6 Å². The molecule has 98 valence electrons. The van der Waals surface area contributed by atoms with E-state index in [1.165, 1.54) is 0 Å². The van der Waals surface area contributed by atoms with Crippen LogP contribution in [0.1, 0.15) is 33.0 Å². The molecule has 0 spiro atoms. The first-order chi connectivity index (χ1) is 8.13. The van der Waals surface area contributed by atoms with Crippen LogP contribution in [-0.4, -0.2) is 34.0 Å². The molecule has 5 heteroatoms. The van der Waals surface area contributed by atoms with Crippen molar-refractivity contribution < 1.29 is 4.74 Å². The molecule has 0 aliphatic carbocycles. The lowest BCUT2D eigenvalue weighted by Crippen LogP contribution is -2.30. The normalized spacial score (nSPS) is 13.2. The van der Waals surface area contributed by atoms with Gasteiger partial charge in [0.05, 0.1) is 6.61 Å². The van der Waals surface area contributed by atoms with Crippen molar-refractivity contribution >= 4 is 0 Å². The summed E-state index contributed by atoms with van der Waals surface area (Å²) in [5.74, 6) is 1.51. The van der Waals surface area contributed by atoms with Crippen molar-refractivity contribution in [1.82, 2.24) is 14.8 Å². The fraction of sp³-hybridized carbons (Fsp3) is 0.833. The summed E-state index contributed by atoms with van der Waals surface area (Å²) in [7, 11) is 0. The maximum atomic E-state index is 6.00. The standard InChI is InChI=1S/C12H24N4O/c1-4-5-17-8-11(13)6-12-14-9-15-16(12)7-10(2)3/h9-11H,4-8,13H2,1-3H3. The van der Waals surface area contributed by atoms with Crippen LogP contribution in [-0.2, 0) is 17.7 Å². The van der Waals surface area contributed by atoms with Gasteiger partial charge in [0.15, 0.2) is 0 Å². The zero-order valence-electron chi connectivity index (χ0n) is 11.1. The first-order valence-electron chi connectivity index (χ1n) is 6.33. The van der Waals surface area contributed by atoms with E-state index in [0.717, 1.165) is 31.8 Å². The third kappa shape index (κ3) is 5.28. The molecule has 2 N–H and O–H groups in total. The average Bonchev–Trinajstić information content (AvgIpc) is 2.65. The van der Waals surface area contributed by atoms with Crippen LogP contribution in [0.2, 0.25) is 0 Å². The third-order valence-electron chi connectivity index (χ3n) is 2.36. The van der Waals surface area contributed by atoms with Crippen LogP contribution in [0.15, 0.2) is 6.33 Å². The molecule has 0 aliphatic heterocycles. The van der Waals surface area contributed by atoms with Crippen molar-refractivity contribution in [2.45, 2.75) is 46.2 Å². The van der Waals surface area contributed by atoms with E-state index in [-0.39, 0.29) is 6.04 Å². The highest BCUT2D eigenvalue weighted by Crippen LogP contribution is 2.03. The average molecular weight is 240 g/mol. The van der Waals surface area contributed by atoms with Gasteiger partial charge in [-0.05, 0) is 12.3 Å². The second kappa shape index (κ2) is 7.40. The molecule has 1 heterocycles. The largest absolute Gasteiger partial charge is 0.380 e. The van der Waals surface area contributed by atoms with Crippen molar-refractivity contribution in [1.29, 1.82) is 0 Å². The molecule has 1 aromatic rings. The highest BCUT2D eigenvalue weighted by molar-refractivity contribution is 4.89. The first-order valence-corrected chi connectivity index (χ1v) is 6.33. The van der Waals surface area contributed by atoms with Crippen molar-refractivity contribution in [3.8, 4) is 0 Å². The van der Waals surface area contributed by atoms with Crippen molar-refractivity contribution in [3.63, 3.8) is 0 Å². The van der Waals surface area contributed by atoms with Gasteiger partial charge < -0.3 is 10.5 Å². The van der Waals surface area contributed by atoms with E-state index in [1.807, 2.05) is 4.68 Å². The van der Waals surface area contributed by atoms with Crippen LogP contribution in [0.5, 0.6) is 0 Å². The van der Waals surface area contributed by atoms with Crippen LogP contribution in [0.25, 0.3) is 0 Å². The molecule has 0 aliphatic rings. The zero-order chi connectivity index (χ0) is 12.7. The van der Waals surface area contributed by atoms with Gasteiger partial charge in [-0.2, -0.15) is 5.10 Å². The predicted molar refractivity (Wildman–Crippen MR) is 67.6 cm³/mol. The highest BCUT2D eigenvalue weighted by Gasteiger charge is 2.11. The Balaban J connectivity index is 2.41. The molecule has 0 bridgehead atoms. The molecule has 0 fully saturated rings. The molecule has 1 aromatic heterocycles. The van der Waals surface area contributed by atoms with Crippen LogP contribution in [0, 0.1) is 5.92 Å². The Bertz CT molecular complexity index is 311. The zero-order valence-corrected chi connectivity index (χ0v) is 11.1. The second-order valence-electron chi connectivity index (χ2n) is 4.79. The predicted octanol–water partition coefficient (Wildman–Crippen LogP) is 1.23. The van der Waals surface area contributed by atoms with Crippen molar-refractivity contribution in [2.75, 3.05) is 13.2 Å². The minimum Gasteiger partial charge on any atom is -0.380 e. The van der Waals surface area contributed by atoms with Crippen LogP contribution in [0.4, 0.5) is 0 Å². The van der Waals surface area contributed by atoms with Gasteiger partial charge in [0.25, 0.3) is 0 Å². The summed E-state index contributed by atoms with van der Waals surface area (Å²) in [5.41, 5.74) is 6.00. The SMILES string of the molecule is CCCOCC(N)Cc1ncnn1CC(C)C. The number of nitrogens with two attached hydrogens (primary N) is 1. The Morgan fingerprint density at radius 3 is 2.88 bits per heavy atom. The number of ether oxygens (including phenoxy) is 1. The summed E-state index contributed by atoms with van der Waals surface area (Å²) in [5, 5.41) is 4.22. The summed E-state index contributed by atoms with van der Waals surface area (Å²) < 4.78 is 7.37. The fourth-order valence-corrected chi connectivity index (χ4v) is 1.62. The van der Waals surface area contributed by atoms with E-state index in [0.29, 0.717) is 12.5 Å². The van der Waals surface area contributed by atoms with Gasteiger partial charge in [-0.1, -0.05) is 20.8 Å². The summed E-state index contributed by atoms with van der Waals surface area (Å²) in [6.07, 6.45) is 3.34. The molecule has 5 nitrogen and oxygen atoms in total. The molecule has 0 radical (unpaired) electrons. The third-order valence-corrected chi connectivity index (χ3v) is 2.36. The van der Waals surface area contributed by atoms with Gasteiger partial charge in [0.1, 0.15) is 12.2 Å². The molecule has 0 aromatic carbocycles. The number of hydrogen-bond donors (Lipinski definition) is 1. The second-order valence-corrected chi connectivity index (χ2v) is 4.79. The Labute approximate surface area is 103 Å². The Kier molecular flexibility index (Phi) is 6.15. The van der Waals surface area contributed by atoms with Gasteiger partial charge in [-0.15, -0.1) is 0 Å². The lowest BCUT2D eigenvalue weighted by molar-refractivity contribution is 0.120. The van der Waals surface area contributed by atoms with Crippen LogP contribution >= 0.6 is 0 Å². The molecular formula is C12H24N4O. The molecule has 0 saturated heterocycles. The van der Waals surface area contributed by atoms with Gasteiger partial charge >= 0.3 is 0 Å². The summed E-state index contributed by atoms with van der Waals surface area (Å²) in [4.78, 5) is 4.25. The minimum absolute atomic E-state index is 0.00309. The van der Waals surface area contributed by atoms with E-state index < -0.39 is 0 Å². The number of rotatable bonds is 8. The van der Waals surface area contributed by atoms with Crippen molar-refractivity contribution in [3.05, 3.63) is 12.2 Å². The van der Waals surface area contributed by atoms with Gasteiger partial charge in [-0.3, -0.25) is 0 Å². The Hall–Kier alpha value is -0.940. The topological polar surface area (TPSA) is 66.0 Å². The molecule has 17 heavy (non-hydrogen) atoms. The summed E-state index contributed by atoms with van der Waals surface area (Å²) in [6.45, 7) is 8.66. The monoisotopic (exact) mass is 240 g/mol. The highest BCUT2D eigenvalue weighted by atomic mass is 16.5. The Morgan fingerprint density at radius 1 is 1.47 bits per heavy atom. The summed E-state index contributed by atoms with van der Waals surface area (Å²) in [6, 6.07) is -0.00309. The van der Waals surface area contributed by atoms with E-state index in [9.17, 15) is 0 Å². The smallest absolute Gasteiger partial charge is 0.138 e. The maximum Gasteiger partial charge on any atom is 0.138 e. The number of hydrogen-bond acceptors (Lipinski definition) is 4. The lowest BCUT2D eigenvalue weighted by Gasteiger charge is -2.13. The van der Waals surface area contributed by atoms with Crippen LogP contribution < -0.4 is 5.73 Å². The maximum absolute atomic E-state index is 6.00. The molecule has 1 rings (SSSR count). The van der Waals surface area contributed by atoms with E-state index in [1.54, 1.807) is 6.33 Å². The fourth-order valence-electron chi connectivity index (χ4n) is 1.62. The molecule has 1 atom stereocenters. The van der Waals surface area contributed by atoms with Gasteiger partial charge in [0.2, 0.25) is 0 Å². The van der Waals surface area contributed by atoms with Crippen LogP contribution in [0.3, 0.4) is 0 Å². The van der Waals surface area contributed by atoms with E-state index in [4.69, 9.17) is 10.5 Å². The minimum atomic E-state index is -0.00309. The first kappa shape index (κ1) is 14.1. The molecule has 1 unspecified atom stereocenters. The number of aromatic nitrogens is 3. The summed E-state index contributed by atoms with van der Waals surface area (Å²) >= 11 is 0. The van der Waals surface area contributed by atoms with Crippen molar-refractivity contribution in [2.24, 2.45) is 11.7 Å². The number of nitrogens with zero attached hydrogens (tertiary/aromatic N) is 3. The molecule has 0 amide bonds. The molecular weight excluding hydrogens is 216 g/mol. The van der Waals surface area contributed by atoms with Gasteiger partial charge in [-0.25, -0.2) is 9.67 Å². The quantitative estimate of drug-likeness (QED) is 0.694. The van der Waals surface area contributed by atoms with E-state index in [2.05, 4.69) is 30.9 Å². The lowest BCUT2D eigenvalue weighted by atomic mass is 10.2. The Morgan fingerprint density at radius 2 is 2.24 bits per heavy atom. The van der Waals surface area contributed by atoms with E-state index >= 15 is 0 Å². The molecule has 0 saturated carbocycles.